The van der Waals surface area contributed by atoms with Gasteiger partial charge >= 0.3 is 0 Å². The van der Waals surface area contributed by atoms with Gasteiger partial charge < -0.3 is 26.4 Å². The number of para-hydroxylation sites is 2. The third-order valence-electron chi connectivity index (χ3n) is 6.01. The number of halogens is 1. The number of amides is 2. The summed E-state index contributed by atoms with van der Waals surface area (Å²) in [7, 11) is 1.74. The van der Waals surface area contributed by atoms with E-state index in [0.717, 1.165) is 17.0 Å². The molecule has 1 fully saturated rings. The number of hydrogen-bond donors (Lipinski definition) is 4. The zero-order valence-corrected chi connectivity index (χ0v) is 18.8. The Morgan fingerprint density at radius 3 is 2.61 bits per heavy atom. The van der Waals surface area contributed by atoms with Gasteiger partial charge in [0.2, 0.25) is 5.91 Å². The number of anilines is 2. The number of thiazole rings is 1. The van der Waals surface area contributed by atoms with Crippen molar-refractivity contribution >= 4 is 34.5 Å². The van der Waals surface area contributed by atoms with Gasteiger partial charge in [0.15, 0.2) is 11.6 Å². The molecule has 0 radical (unpaired) electrons. The molecule has 0 aliphatic carbocycles. The minimum Gasteiger partial charge on any atom is -0.505 e. The van der Waals surface area contributed by atoms with E-state index >= 15 is 0 Å². The van der Waals surface area contributed by atoms with E-state index in [0.29, 0.717) is 36.6 Å². The Balaban J connectivity index is 1.51. The molecule has 1 aliphatic heterocycles. The van der Waals surface area contributed by atoms with Gasteiger partial charge in [0.25, 0.3) is 5.91 Å². The number of nitrogens with two attached hydrogens (primary N) is 1. The second-order valence-electron chi connectivity index (χ2n) is 7.83. The molecule has 0 bridgehead atoms. The van der Waals surface area contributed by atoms with E-state index in [2.05, 4.69) is 20.5 Å². The third-order valence-corrected chi connectivity index (χ3v) is 6.88. The van der Waals surface area contributed by atoms with Gasteiger partial charge in [-0.25, -0.2) is 9.37 Å². The van der Waals surface area contributed by atoms with Crippen LogP contribution in [0.15, 0.2) is 47.8 Å². The molecule has 2 amide bonds. The zero-order chi connectivity index (χ0) is 23.6. The van der Waals surface area contributed by atoms with Crippen LogP contribution < -0.4 is 21.3 Å². The van der Waals surface area contributed by atoms with E-state index in [1.54, 1.807) is 18.5 Å². The Morgan fingerprint density at radius 2 is 1.91 bits per heavy atom. The van der Waals surface area contributed by atoms with Crippen molar-refractivity contribution < 1.29 is 19.1 Å². The van der Waals surface area contributed by atoms with E-state index in [-0.39, 0.29) is 17.2 Å². The number of nitrogens with one attached hydrogen (secondary N) is 2. The molecule has 2 aromatic carbocycles. The van der Waals surface area contributed by atoms with Gasteiger partial charge in [0.1, 0.15) is 16.2 Å². The van der Waals surface area contributed by atoms with E-state index in [9.17, 15) is 19.1 Å². The molecule has 33 heavy (non-hydrogen) atoms. The maximum absolute atomic E-state index is 14.2. The van der Waals surface area contributed by atoms with Crippen molar-refractivity contribution in [3.05, 3.63) is 59.4 Å². The second kappa shape index (κ2) is 9.16. The number of aromatic hydroxyl groups is 1. The monoisotopic (exact) mass is 469 g/mol. The topological polar surface area (TPSA) is 121 Å². The number of phenols is 1. The quantitative estimate of drug-likeness (QED) is 0.441. The van der Waals surface area contributed by atoms with Crippen LogP contribution >= 0.6 is 11.3 Å². The molecule has 0 saturated carbocycles. The number of rotatable bonds is 6. The highest BCUT2D eigenvalue weighted by atomic mass is 32.1. The number of nitrogens with zero attached hydrogens (tertiary/aromatic N) is 2. The number of phenolic OH excluding ortho intramolecular Hbond substituents is 1. The predicted octanol–water partition coefficient (Wildman–Crippen LogP) is 2.95. The van der Waals surface area contributed by atoms with Gasteiger partial charge in [0.05, 0.1) is 16.9 Å². The molecule has 0 unspecified atom stereocenters. The molecule has 0 atom stereocenters. The molecule has 4 rings (SSSR count). The molecule has 8 nitrogen and oxygen atoms in total. The maximum Gasteiger partial charge on any atom is 0.275 e. The highest BCUT2D eigenvalue weighted by Crippen LogP contribution is 2.33. The molecule has 1 aliphatic rings. The van der Waals surface area contributed by atoms with E-state index in [1.807, 2.05) is 18.2 Å². The molecule has 172 valence electrons. The van der Waals surface area contributed by atoms with Gasteiger partial charge in [-0.3, -0.25) is 9.59 Å². The molecule has 3 aromatic rings. The van der Waals surface area contributed by atoms with Crippen molar-refractivity contribution in [3.63, 3.8) is 0 Å². The summed E-state index contributed by atoms with van der Waals surface area (Å²) in [5.74, 6) is -2.04. The molecular weight excluding hydrogens is 445 g/mol. The van der Waals surface area contributed by atoms with Crippen molar-refractivity contribution in [2.24, 2.45) is 5.73 Å². The molecular formula is C23H24FN5O3S. The van der Waals surface area contributed by atoms with Crippen LogP contribution in [0.1, 0.15) is 23.3 Å². The minimum atomic E-state index is -0.775. The summed E-state index contributed by atoms with van der Waals surface area (Å²) in [6.45, 7) is 1.18. The largest absolute Gasteiger partial charge is 0.505 e. The zero-order valence-electron chi connectivity index (χ0n) is 18.0. The van der Waals surface area contributed by atoms with Crippen LogP contribution in [0.2, 0.25) is 0 Å². The number of primary amides is 1. The van der Waals surface area contributed by atoms with Crippen LogP contribution in [0.5, 0.6) is 5.75 Å². The Labute approximate surface area is 194 Å². The number of piperidine rings is 1. The Kier molecular flexibility index (Phi) is 6.30. The lowest BCUT2D eigenvalue weighted by Gasteiger charge is -2.41. The lowest BCUT2D eigenvalue weighted by molar-refractivity contribution is -0.125. The standard InChI is InChI=1S/C23H24FN5O3S/c1-26-23(22(25)32)9-11-29(12-10-23)17-7-3-2-6-15(17)27-20(31)16-13-33-21(28-16)14-5-4-8-18(30)19(14)24/h2-8,13,26,30H,9-12H2,1H3,(H2,25,32)(H,27,31). The average Bonchev–Trinajstić information content (AvgIpc) is 3.31. The first-order valence-corrected chi connectivity index (χ1v) is 11.3. The van der Waals surface area contributed by atoms with Crippen molar-refractivity contribution in [1.82, 2.24) is 10.3 Å². The Morgan fingerprint density at radius 1 is 1.18 bits per heavy atom. The van der Waals surface area contributed by atoms with Crippen LogP contribution in [0.25, 0.3) is 10.6 Å². The third kappa shape index (κ3) is 4.39. The number of carbonyl (C=O) groups excluding carboxylic acids is 2. The summed E-state index contributed by atoms with van der Waals surface area (Å²) in [5.41, 5.74) is 6.59. The number of benzene rings is 2. The smallest absolute Gasteiger partial charge is 0.275 e. The van der Waals surface area contributed by atoms with Gasteiger partial charge in [-0.2, -0.15) is 0 Å². The van der Waals surface area contributed by atoms with Gasteiger partial charge in [0, 0.05) is 18.5 Å². The van der Waals surface area contributed by atoms with Crippen molar-refractivity contribution in [2.45, 2.75) is 18.4 Å². The van der Waals surface area contributed by atoms with E-state index in [4.69, 9.17) is 5.73 Å². The van der Waals surface area contributed by atoms with Crippen molar-refractivity contribution in [2.75, 3.05) is 30.4 Å². The van der Waals surface area contributed by atoms with E-state index < -0.39 is 23.0 Å². The normalized spacial score (nSPS) is 15.3. The molecule has 2 heterocycles. The summed E-state index contributed by atoms with van der Waals surface area (Å²) in [6.07, 6.45) is 1.10. The summed E-state index contributed by atoms with van der Waals surface area (Å²) in [5, 5.41) is 17.4. The van der Waals surface area contributed by atoms with Gasteiger partial charge in [-0.05, 0) is 44.2 Å². The van der Waals surface area contributed by atoms with Gasteiger partial charge in [-0.15, -0.1) is 11.3 Å². The summed E-state index contributed by atoms with van der Waals surface area (Å²) in [6, 6.07) is 11.7. The minimum absolute atomic E-state index is 0.134. The fraction of sp³-hybridized carbons (Fsp3) is 0.261. The highest BCUT2D eigenvalue weighted by Gasteiger charge is 2.38. The predicted molar refractivity (Wildman–Crippen MR) is 126 cm³/mol. The lowest BCUT2D eigenvalue weighted by atomic mass is 9.86. The fourth-order valence-electron chi connectivity index (χ4n) is 3.98. The molecule has 1 saturated heterocycles. The first kappa shape index (κ1) is 22.7. The van der Waals surface area contributed by atoms with Crippen LogP contribution in [-0.4, -0.2) is 47.6 Å². The summed E-state index contributed by atoms with van der Waals surface area (Å²) in [4.78, 5) is 31.1. The highest BCUT2D eigenvalue weighted by molar-refractivity contribution is 7.13. The fourth-order valence-corrected chi connectivity index (χ4v) is 4.80. The van der Waals surface area contributed by atoms with Gasteiger partial charge in [-0.1, -0.05) is 18.2 Å². The molecule has 0 spiro atoms. The molecule has 10 heteroatoms. The summed E-state index contributed by atoms with van der Waals surface area (Å²) >= 11 is 1.12. The van der Waals surface area contributed by atoms with E-state index in [1.165, 1.54) is 18.2 Å². The van der Waals surface area contributed by atoms with Crippen molar-refractivity contribution in [3.8, 4) is 16.3 Å². The maximum atomic E-state index is 14.2. The number of likely N-dealkylation sites (N-methyl/N-ethyl adjacent to an activating group) is 1. The van der Waals surface area contributed by atoms with Crippen LogP contribution in [0.4, 0.5) is 15.8 Å². The average molecular weight is 470 g/mol. The molecule has 5 N–H and O–H groups in total. The molecule has 1 aromatic heterocycles. The Bertz CT molecular complexity index is 1190. The van der Waals surface area contributed by atoms with Crippen LogP contribution in [0, 0.1) is 5.82 Å². The first-order valence-electron chi connectivity index (χ1n) is 10.4. The number of hydrogen-bond acceptors (Lipinski definition) is 7. The summed E-state index contributed by atoms with van der Waals surface area (Å²) < 4.78 is 14.2. The first-order chi connectivity index (χ1) is 15.8. The van der Waals surface area contributed by atoms with Crippen LogP contribution in [-0.2, 0) is 4.79 Å². The SMILES string of the molecule is CNC1(C(N)=O)CCN(c2ccccc2NC(=O)c2csc(-c3cccc(O)c3F)n2)CC1. The second-order valence-corrected chi connectivity index (χ2v) is 8.69. The lowest BCUT2D eigenvalue weighted by Crippen LogP contribution is -2.59. The number of aromatic nitrogens is 1. The number of carbonyl (C=O) groups is 2. The Hall–Kier alpha value is -3.50. The van der Waals surface area contributed by atoms with Crippen LogP contribution in [0.3, 0.4) is 0 Å². The van der Waals surface area contributed by atoms with Crippen molar-refractivity contribution in [1.29, 1.82) is 0 Å².